The lowest BCUT2D eigenvalue weighted by atomic mass is 9.94. The number of rotatable bonds is 5. The van der Waals surface area contributed by atoms with Crippen molar-refractivity contribution in [2.45, 2.75) is 39.4 Å². The van der Waals surface area contributed by atoms with Crippen LogP contribution in [0.5, 0.6) is 0 Å². The van der Waals surface area contributed by atoms with Gasteiger partial charge in [-0.3, -0.25) is 14.6 Å². The predicted octanol–water partition coefficient (Wildman–Crippen LogP) is 2.95. The number of hydrogen-bond acceptors (Lipinski definition) is 4. The number of aryl methyl sites for hydroxylation is 1. The highest BCUT2D eigenvalue weighted by Gasteiger charge is 2.34. The Hall–Kier alpha value is -2.73. The summed E-state index contributed by atoms with van der Waals surface area (Å²) in [5, 5.41) is 4.74. The second-order valence-electron chi connectivity index (χ2n) is 6.77. The molecular formula is C20H24N6. The molecule has 4 rings (SSSR count). The fourth-order valence-electron chi connectivity index (χ4n) is 3.92. The van der Waals surface area contributed by atoms with E-state index in [1.165, 1.54) is 17.0 Å². The van der Waals surface area contributed by atoms with Crippen molar-refractivity contribution in [1.29, 1.82) is 0 Å². The van der Waals surface area contributed by atoms with E-state index >= 15 is 0 Å². The van der Waals surface area contributed by atoms with Gasteiger partial charge < -0.3 is 4.98 Å². The van der Waals surface area contributed by atoms with Gasteiger partial charge in [-0.25, -0.2) is 4.98 Å². The van der Waals surface area contributed by atoms with E-state index < -0.39 is 0 Å². The molecule has 0 aliphatic carbocycles. The summed E-state index contributed by atoms with van der Waals surface area (Å²) in [4.78, 5) is 15.0. The minimum absolute atomic E-state index is 0.0885. The maximum atomic E-state index is 4.74. The van der Waals surface area contributed by atoms with Gasteiger partial charge in [0.1, 0.15) is 0 Å². The summed E-state index contributed by atoms with van der Waals surface area (Å²) in [6.07, 6.45) is 6.51. The number of nitrogens with one attached hydrogen (secondary N) is 1. The third-order valence-electron chi connectivity index (χ3n) is 5.13. The summed E-state index contributed by atoms with van der Waals surface area (Å²) in [6, 6.07) is 6.17. The zero-order valence-corrected chi connectivity index (χ0v) is 15.3. The molecule has 1 aliphatic rings. The molecule has 1 atom stereocenters. The molecule has 0 bridgehead atoms. The summed E-state index contributed by atoms with van der Waals surface area (Å²) < 4.78 is 2.03. The first kappa shape index (κ1) is 16.7. The van der Waals surface area contributed by atoms with Gasteiger partial charge in [-0.2, -0.15) is 5.10 Å². The second-order valence-corrected chi connectivity index (χ2v) is 6.77. The molecule has 1 N–H and O–H groups in total. The number of allylic oxidation sites excluding steroid dienone is 1. The van der Waals surface area contributed by atoms with Gasteiger partial charge in [-0.05, 0) is 26.0 Å². The van der Waals surface area contributed by atoms with Crippen LogP contribution >= 0.6 is 0 Å². The van der Waals surface area contributed by atoms with Gasteiger partial charge in [-0.15, -0.1) is 6.58 Å². The van der Waals surface area contributed by atoms with Crippen LogP contribution in [0.25, 0.3) is 0 Å². The van der Waals surface area contributed by atoms with E-state index in [9.17, 15) is 0 Å². The largest absolute Gasteiger partial charge is 0.348 e. The SMILES string of the molecule is C=CCn1nc(C)c([C@@H]2c3nc[nH]c3CCN2Cc2ccccn2)c1C. The standard InChI is InChI=1S/C20H24N6/c1-4-10-26-15(3)18(14(2)24-26)20-19-17(22-13-23-19)8-11-25(20)12-16-7-5-6-9-21-16/h4-7,9,13,20H,1,8,10-12H2,2-3H3,(H,22,23)/t20-/m1/s1. The molecule has 1 aliphatic heterocycles. The van der Waals surface area contributed by atoms with Crippen LogP contribution in [0.15, 0.2) is 43.4 Å². The molecule has 0 unspecified atom stereocenters. The van der Waals surface area contributed by atoms with Crippen molar-refractivity contribution in [3.8, 4) is 0 Å². The minimum atomic E-state index is 0.0885. The number of aromatic nitrogens is 5. The first-order chi connectivity index (χ1) is 12.7. The quantitative estimate of drug-likeness (QED) is 0.720. The number of fused-ring (bicyclic) bond motifs is 1. The maximum absolute atomic E-state index is 4.74. The van der Waals surface area contributed by atoms with Gasteiger partial charge in [-0.1, -0.05) is 12.1 Å². The molecule has 6 nitrogen and oxygen atoms in total. The fourth-order valence-corrected chi connectivity index (χ4v) is 3.92. The van der Waals surface area contributed by atoms with Crippen molar-refractivity contribution in [3.63, 3.8) is 0 Å². The van der Waals surface area contributed by atoms with Crippen LogP contribution in [-0.2, 0) is 19.5 Å². The molecule has 6 heteroatoms. The molecule has 0 radical (unpaired) electrons. The highest BCUT2D eigenvalue weighted by atomic mass is 15.3. The lowest BCUT2D eigenvalue weighted by molar-refractivity contribution is 0.197. The number of imidazole rings is 1. The highest BCUT2D eigenvalue weighted by Crippen LogP contribution is 2.37. The number of pyridine rings is 1. The van der Waals surface area contributed by atoms with E-state index in [1.54, 1.807) is 6.33 Å². The van der Waals surface area contributed by atoms with Crippen LogP contribution in [0, 0.1) is 13.8 Å². The van der Waals surface area contributed by atoms with Crippen LogP contribution in [0.3, 0.4) is 0 Å². The Morgan fingerprint density at radius 2 is 2.19 bits per heavy atom. The van der Waals surface area contributed by atoms with Crippen molar-refractivity contribution in [3.05, 3.63) is 77.4 Å². The molecule has 134 valence electrons. The van der Waals surface area contributed by atoms with E-state index in [1.807, 2.05) is 29.1 Å². The third kappa shape index (κ3) is 2.86. The smallest absolute Gasteiger partial charge is 0.0926 e. The van der Waals surface area contributed by atoms with Gasteiger partial charge in [0.15, 0.2) is 0 Å². The van der Waals surface area contributed by atoms with Gasteiger partial charge in [0, 0.05) is 42.7 Å². The van der Waals surface area contributed by atoms with Crippen molar-refractivity contribution in [1.82, 2.24) is 29.6 Å². The lowest BCUT2D eigenvalue weighted by Crippen LogP contribution is -2.36. The zero-order chi connectivity index (χ0) is 18.1. The van der Waals surface area contributed by atoms with Crippen molar-refractivity contribution >= 4 is 0 Å². The number of H-pyrrole nitrogens is 1. The summed E-state index contributed by atoms with van der Waals surface area (Å²) in [5.41, 5.74) is 6.88. The van der Waals surface area contributed by atoms with Gasteiger partial charge >= 0.3 is 0 Å². The molecule has 0 aromatic carbocycles. The average molecular weight is 348 g/mol. The Labute approximate surface area is 153 Å². The van der Waals surface area contributed by atoms with Crippen LogP contribution in [-0.4, -0.2) is 36.2 Å². The number of hydrogen-bond donors (Lipinski definition) is 1. The van der Waals surface area contributed by atoms with E-state index in [4.69, 9.17) is 5.10 Å². The normalized spacial score (nSPS) is 17.2. The van der Waals surface area contributed by atoms with Crippen molar-refractivity contribution in [2.24, 2.45) is 0 Å². The minimum Gasteiger partial charge on any atom is -0.348 e. The van der Waals surface area contributed by atoms with Gasteiger partial charge in [0.2, 0.25) is 0 Å². The van der Waals surface area contributed by atoms with Crippen LogP contribution in [0.1, 0.15) is 40.1 Å². The van der Waals surface area contributed by atoms with E-state index in [-0.39, 0.29) is 6.04 Å². The first-order valence-corrected chi connectivity index (χ1v) is 9.00. The van der Waals surface area contributed by atoms with E-state index in [0.717, 1.165) is 36.6 Å². The van der Waals surface area contributed by atoms with Crippen LogP contribution in [0.2, 0.25) is 0 Å². The third-order valence-corrected chi connectivity index (χ3v) is 5.13. The van der Waals surface area contributed by atoms with Gasteiger partial charge in [0.25, 0.3) is 0 Å². The molecule has 0 fully saturated rings. The molecule has 0 saturated heterocycles. The summed E-state index contributed by atoms with van der Waals surface area (Å²) in [7, 11) is 0. The maximum Gasteiger partial charge on any atom is 0.0926 e. The van der Waals surface area contributed by atoms with Gasteiger partial charge in [0.05, 0.1) is 36.0 Å². The number of aromatic amines is 1. The Balaban J connectivity index is 1.78. The number of nitrogens with zero attached hydrogens (tertiary/aromatic N) is 5. The summed E-state index contributed by atoms with van der Waals surface area (Å²) in [5.74, 6) is 0. The fraction of sp³-hybridized carbons (Fsp3) is 0.350. The first-order valence-electron chi connectivity index (χ1n) is 9.00. The zero-order valence-electron chi connectivity index (χ0n) is 15.3. The molecule has 0 spiro atoms. The Morgan fingerprint density at radius 3 is 2.96 bits per heavy atom. The Bertz CT molecular complexity index is 908. The van der Waals surface area contributed by atoms with E-state index in [2.05, 4.69) is 46.3 Å². The Kier molecular flexibility index (Phi) is 4.42. The molecule has 0 amide bonds. The molecule has 0 saturated carbocycles. The lowest BCUT2D eigenvalue weighted by Gasteiger charge is -2.35. The van der Waals surface area contributed by atoms with Crippen LogP contribution in [0.4, 0.5) is 0 Å². The molecule has 4 heterocycles. The molecule has 3 aromatic rings. The second kappa shape index (κ2) is 6.88. The van der Waals surface area contributed by atoms with Crippen LogP contribution < -0.4 is 0 Å². The predicted molar refractivity (Wildman–Crippen MR) is 101 cm³/mol. The molecular weight excluding hydrogens is 324 g/mol. The topological polar surface area (TPSA) is 62.6 Å². The van der Waals surface area contributed by atoms with Crippen molar-refractivity contribution < 1.29 is 0 Å². The van der Waals surface area contributed by atoms with E-state index in [0.29, 0.717) is 6.54 Å². The van der Waals surface area contributed by atoms with Crippen molar-refractivity contribution in [2.75, 3.05) is 6.54 Å². The highest BCUT2D eigenvalue weighted by molar-refractivity contribution is 5.38. The summed E-state index contributed by atoms with van der Waals surface area (Å²) in [6.45, 7) is 10.5. The monoisotopic (exact) mass is 348 g/mol. The Morgan fingerprint density at radius 1 is 1.31 bits per heavy atom. The average Bonchev–Trinajstić information content (AvgIpc) is 3.22. The summed E-state index contributed by atoms with van der Waals surface area (Å²) >= 11 is 0. The molecule has 26 heavy (non-hydrogen) atoms. The molecule has 3 aromatic heterocycles.